The second-order valence-electron chi connectivity index (χ2n) is 7.38. The average Bonchev–Trinajstić information content (AvgIpc) is 3.12. The molecule has 0 unspecified atom stereocenters. The lowest BCUT2D eigenvalue weighted by Crippen LogP contribution is -2.40. The summed E-state index contributed by atoms with van der Waals surface area (Å²) < 4.78 is 38.7. The second kappa shape index (κ2) is 9.03. The molecular formula is C21H23N3O6S. The highest BCUT2D eigenvalue weighted by atomic mass is 32.2. The lowest BCUT2D eigenvalue weighted by Gasteiger charge is -2.30. The van der Waals surface area contributed by atoms with Gasteiger partial charge >= 0.3 is 11.7 Å². The van der Waals surface area contributed by atoms with Crippen LogP contribution in [0.1, 0.15) is 19.3 Å². The molecule has 0 aliphatic carbocycles. The summed E-state index contributed by atoms with van der Waals surface area (Å²) in [7, 11) is -3.60. The normalized spacial score (nSPS) is 15.9. The summed E-state index contributed by atoms with van der Waals surface area (Å²) in [6.45, 7) is 1.07. The molecule has 1 fully saturated rings. The van der Waals surface area contributed by atoms with Gasteiger partial charge in [0.25, 0.3) is 0 Å². The van der Waals surface area contributed by atoms with Crippen LogP contribution in [0.3, 0.4) is 0 Å². The van der Waals surface area contributed by atoms with Crippen molar-refractivity contribution in [1.29, 1.82) is 0 Å². The van der Waals surface area contributed by atoms with Gasteiger partial charge in [0.15, 0.2) is 5.58 Å². The number of nitrogens with zero attached hydrogens (tertiary/aromatic N) is 3. The predicted molar refractivity (Wildman–Crippen MR) is 112 cm³/mol. The van der Waals surface area contributed by atoms with E-state index in [-0.39, 0.29) is 36.5 Å². The summed E-state index contributed by atoms with van der Waals surface area (Å²) in [4.78, 5) is 28.4. The van der Waals surface area contributed by atoms with Crippen LogP contribution in [0.5, 0.6) is 0 Å². The SMILES string of the molecule is O=C(OCCCn1c(=O)oc2ccccc21)C1CCN(S(=O)(=O)c2cccnc2)CC1. The van der Waals surface area contributed by atoms with Crippen molar-refractivity contribution in [2.45, 2.75) is 30.7 Å². The maximum Gasteiger partial charge on any atom is 0.419 e. The third-order valence-corrected chi connectivity index (χ3v) is 7.29. The predicted octanol–water partition coefficient (Wildman–Crippen LogP) is 2.02. The third kappa shape index (κ3) is 4.54. The van der Waals surface area contributed by atoms with Gasteiger partial charge in [-0.1, -0.05) is 12.1 Å². The highest BCUT2D eigenvalue weighted by molar-refractivity contribution is 7.89. The Morgan fingerprint density at radius 1 is 1.16 bits per heavy atom. The number of benzene rings is 1. The number of carbonyl (C=O) groups is 1. The first-order chi connectivity index (χ1) is 15.0. The largest absolute Gasteiger partial charge is 0.465 e. The van der Waals surface area contributed by atoms with Gasteiger partial charge in [-0.15, -0.1) is 0 Å². The Balaban J connectivity index is 1.25. The molecule has 31 heavy (non-hydrogen) atoms. The Hall–Kier alpha value is -2.98. The van der Waals surface area contributed by atoms with Crippen LogP contribution in [0.15, 0.2) is 62.9 Å². The van der Waals surface area contributed by atoms with E-state index >= 15 is 0 Å². The summed E-state index contributed by atoms with van der Waals surface area (Å²) in [5, 5.41) is 0. The fraction of sp³-hybridized carbons (Fsp3) is 0.381. The molecule has 1 saturated heterocycles. The number of fused-ring (bicyclic) bond motifs is 1. The number of carbonyl (C=O) groups excluding carboxylic acids is 1. The molecule has 4 rings (SSSR count). The van der Waals surface area contributed by atoms with Crippen LogP contribution in [0.4, 0.5) is 0 Å². The Kier molecular flexibility index (Phi) is 6.19. The van der Waals surface area contributed by atoms with E-state index in [2.05, 4.69) is 4.98 Å². The number of piperidine rings is 1. The van der Waals surface area contributed by atoms with Crippen molar-refractivity contribution in [3.8, 4) is 0 Å². The number of aryl methyl sites for hydroxylation is 1. The topological polar surface area (TPSA) is 112 Å². The molecule has 0 amide bonds. The van der Waals surface area contributed by atoms with Gasteiger partial charge in [-0.3, -0.25) is 14.3 Å². The molecule has 1 aliphatic rings. The number of aromatic nitrogens is 2. The van der Waals surface area contributed by atoms with Gasteiger partial charge in [-0.2, -0.15) is 4.31 Å². The quantitative estimate of drug-likeness (QED) is 0.404. The Bertz CT molecular complexity index is 1210. The molecule has 164 valence electrons. The molecule has 0 bridgehead atoms. The molecule has 2 aromatic heterocycles. The first-order valence-electron chi connectivity index (χ1n) is 10.1. The van der Waals surface area contributed by atoms with Crippen LogP contribution in [0.25, 0.3) is 11.1 Å². The van der Waals surface area contributed by atoms with E-state index in [0.29, 0.717) is 36.9 Å². The number of oxazole rings is 1. The monoisotopic (exact) mass is 445 g/mol. The number of para-hydroxylation sites is 2. The van der Waals surface area contributed by atoms with Crippen LogP contribution >= 0.6 is 0 Å². The van der Waals surface area contributed by atoms with E-state index in [0.717, 1.165) is 0 Å². The Morgan fingerprint density at radius 2 is 1.94 bits per heavy atom. The molecule has 0 atom stereocenters. The van der Waals surface area contributed by atoms with E-state index in [1.165, 1.54) is 27.3 Å². The first kappa shape index (κ1) is 21.3. The molecule has 0 radical (unpaired) electrons. The minimum Gasteiger partial charge on any atom is -0.465 e. The summed E-state index contributed by atoms with van der Waals surface area (Å²) >= 11 is 0. The smallest absolute Gasteiger partial charge is 0.419 e. The van der Waals surface area contributed by atoms with Gasteiger partial charge in [0, 0.05) is 32.0 Å². The highest BCUT2D eigenvalue weighted by Crippen LogP contribution is 2.24. The van der Waals surface area contributed by atoms with Crippen LogP contribution < -0.4 is 5.76 Å². The number of pyridine rings is 1. The Labute approximate surface area is 179 Å². The minimum atomic E-state index is -3.60. The van der Waals surface area contributed by atoms with Crippen molar-refractivity contribution >= 4 is 27.1 Å². The summed E-state index contributed by atoms with van der Waals surface area (Å²) in [6, 6.07) is 10.3. The highest BCUT2D eigenvalue weighted by Gasteiger charge is 2.32. The second-order valence-corrected chi connectivity index (χ2v) is 9.31. The van der Waals surface area contributed by atoms with E-state index in [1.807, 2.05) is 6.07 Å². The average molecular weight is 445 g/mol. The molecular weight excluding hydrogens is 422 g/mol. The van der Waals surface area contributed by atoms with Crippen molar-refractivity contribution in [2.75, 3.05) is 19.7 Å². The van der Waals surface area contributed by atoms with Crippen molar-refractivity contribution in [3.63, 3.8) is 0 Å². The lowest BCUT2D eigenvalue weighted by molar-refractivity contribution is -0.150. The Morgan fingerprint density at radius 3 is 2.68 bits per heavy atom. The van der Waals surface area contributed by atoms with Crippen molar-refractivity contribution < 1.29 is 22.4 Å². The summed E-state index contributed by atoms with van der Waals surface area (Å²) in [6.07, 6.45) is 4.13. The van der Waals surface area contributed by atoms with Gasteiger partial charge < -0.3 is 9.15 Å². The number of hydrogen-bond acceptors (Lipinski definition) is 7. The lowest BCUT2D eigenvalue weighted by atomic mass is 9.98. The van der Waals surface area contributed by atoms with Gasteiger partial charge in [0.2, 0.25) is 10.0 Å². The first-order valence-corrected chi connectivity index (χ1v) is 11.6. The van der Waals surface area contributed by atoms with Crippen LogP contribution in [-0.2, 0) is 26.1 Å². The molecule has 0 spiro atoms. The van der Waals surface area contributed by atoms with Crippen LogP contribution in [0, 0.1) is 5.92 Å². The molecule has 1 aliphatic heterocycles. The van der Waals surface area contributed by atoms with Crippen LogP contribution in [0.2, 0.25) is 0 Å². The fourth-order valence-electron chi connectivity index (χ4n) is 3.72. The minimum absolute atomic E-state index is 0.151. The molecule has 3 aromatic rings. The van der Waals surface area contributed by atoms with Gasteiger partial charge in [-0.05, 0) is 43.5 Å². The summed E-state index contributed by atoms with van der Waals surface area (Å²) in [5.74, 6) is -1.10. The van der Waals surface area contributed by atoms with Crippen molar-refractivity contribution in [2.24, 2.45) is 5.92 Å². The van der Waals surface area contributed by atoms with Gasteiger partial charge in [0.1, 0.15) is 4.90 Å². The molecule has 9 nitrogen and oxygen atoms in total. The van der Waals surface area contributed by atoms with Crippen molar-refractivity contribution in [1.82, 2.24) is 13.9 Å². The number of esters is 1. The maximum absolute atomic E-state index is 12.6. The number of ether oxygens (including phenoxy) is 1. The maximum atomic E-state index is 12.6. The molecule has 10 heteroatoms. The van der Waals surface area contributed by atoms with E-state index in [9.17, 15) is 18.0 Å². The zero-order chi connectivity index (χ0) is 21.8. The third-order valence-electron chi connectivity index (χ3n) is 5.40. The number of hydrogen-bond donors (Lipinski definition) is 0. The number of sulfonamides is 1. The fourth-order valence-corrected chi connectivity index (χ4v) is 5.15. The molecule has 3 heterocycles. The molecule has 1 aromatic carbocycles. The van der Waals surface area contributed by atoms with Gasteiger partial charge in [-0.25, -0.2) is 13.2 Å². The van der Waals surface area contributed by atoms with E-state index in [1.54, 1.807) is 24.3 Å². The molecule has 0 saturated carbocycles. The van der Waals surface area contributed by atoms with Crippen molar-refractivity contribution in [3.05, 3.63) is 59.3 Å². The van der Waals surface area contributed by atoms with E-state index in [4.69, 9.17) is 9.15 Å². The number of rotatable bonds is 7. The zero-order valence-electron chi connectivity index (χ0n) is 16.8. The summed E-state index contributed by atoms with van der Waals surface area (Å²) in [5.41, 5.74) is 1.23. The van der Waals surface area contributed by atoms with E-state index < -0.39 is 15.8 Å². The van der Waals surface area contributed by atoms with Crippen LogP contribution in [-0.4, -0.2) is 47.9 Å². The van der Waals surface area contributed by atoms with Gasteiger partial charge in [0.05, 0.1) is 18.0 Å². The zero-order valence-corrected chi connectivity index (χ0v) is 17.7. The molecule has 0 N–H and O–H groups in total. The standard InChI is InChI=1S/C21H23N3O6S/c25-20(29-14-4-11-24-18-6-1-2-7-19(18)30-21(24)26)16-8-12-23(13-9-16)31(27,28)17-5-3-10-22-15-17/h1-3,5-7,10,15-16H,4,8-9,11-14H2.